The first-order chi connectivity index (χ1) is 21.7. The Morgan fingerprint density at radius 3 is 2.61 bits per heavy atom. The summed E-state index contributed by atoms with van der Waals surface area (Å²) < 4.78 is 67.9. The molecule has 1 aliphatic heterocycles. The number of rotatable bonds is 7. The molecule has 4 aromatic rings. The Kier molecular flexibility index (Phi) is 9.69. The summed E-state index contributed by atoms with van der Waals surface area (Å²) in [6, 6.07) is 10.1. The maximum absolute atomic E-state index is 14.1. The molecule has 1 atom stereocenters. The van der Waals surface area contributed by atoms with Crippen molar-refractivity contribution in [3.05, 3.63) is 82.4 Å². The van der Waals surface area contributed by atoms with Gasteiger partial charge in [0, 0.05) is 32.1 Å². The Morgan fingerprint density at radius 1 is 1.13 bits per heavy atom. The molecule has 246 valence electrons. The fraction of sp³-hybridized carbons (Fsp3) is 0.419. The Hall–Kier alpha value is -3.28. The fourth-order valence-corrected chi connectivity index (χ4v) is 8.31. The Balaban J connectivity index is 1.65. The van der Waals surface area contributed by atoms with E-state index in [0.717, 1.165) is 5.56 Å². The van der Waals surface area contributed by atoms with Crippen LogP contribution in [0.15, 0.2) is 53.7 Å². The van der Waals surface area contributed by atoms with Crippen molar-refractivity contribution in [1.29, 1.82) is 0 Å². The highest BCUT2D eigenvalue weighted by molar-refractivity contribution is 14.1. The van der Waals surface area contributed by atoms with Crippen molar-refractivity contribution in [1.82, 2.24) is 23.9 Å². The predicted octanol–water partition coefficient (Wildman–Crippen LogP) is 5.46. The van der Waals surface area contributed by atoms with E-state index in [-0.39, 0.29) is 42.7 Å². The van der Waals surface area contributed by atoms with Gasteiger partial charge in [0.25, 0.3) is 6.43 Å². The largest absolute Gasteiger partial charge is 0.481 e. The molecule has 1 N–H and O–H groups in total. The van der Waals surface area contributed by atoms with Crippen molar-refractivity contribution in [3.63, 3.8) is 0 Å². The van der Waals surface area contributed by atoms with E-state index < -0.39 is 37.1 Å². The van der Waals surface area contributed by atoms with Gasteiger partial charge in [0.2, 0.25) is 21.7 Å². The Morgan fingerprint density at radius 2 is 1.89 bits per heavy atom. The number of hydrogen-bond donors (Lipinski definition) is 1. The molecule has 0 unspecified atom stereocenters. The van der Waals surface area contributed by atoms with Crippen molar-refractivity contribution < 1.29 is 36.6 Å². The Labute approximate surface area is 279 Å². The molecule has 0 saturated heterocycles. The number of fused-ring (bicyclic) bond motifs is 2. The van der Waals surface area contributed by atoms with Crippen LogP contribution in [-0.4, -0.2) is 69.7 Å². The molecule has 0 saturated carbocycles. The first-order valence-electron chi connectivity index (χ1n) is 14.5. The smallest absolute Gasteiger partial charge is 0.311 e. The van der Waals surface area contributed by atoms with Gasteiger partial charge in [0.05, 0.1) is 15.4 Å². The number of sulfonamides is 1. The van der Waals surface area contributed by atoms with Crippen LogP contribution in [0, 0.1) is 19.3 Å². The minimum absolute atomic E-state index is 0.00712. The summed E-state index contributed by atoms with van der Waals surface area (Å²) in [5.41, 5.74) is 1.84. The van der Waals surface area contributed by atoms with Crippen molar-refractivity contribution in [2.45, 2.75) is 55.4 Å². The molecule has 1 aliphatic rings. The minimum atomic E-state index is -4.08. The zero-order valence-electron chi connectivity index (χ0n) is 25.7. The van der Waals surface area contributed by atoms with Gasteiger partial charge in [-0.3, -0.25) is 9.20 Å². The second kappa shape index (κ2) is 13.1. The lowest BCUT2D eigenvalue weighted by molar-refractivity contribution is -0.148. The number of aryl methyl sites for hydroxylation is 2. The van der Waals surface area contributed by atoms with Crippen LogP contribution in [0.2, 0.25) is 0 Å². The fourth-order valence-electron chi connectivity index (χ4n) is 5.62. The third-order valence-electron chi connectivity index (χ3n) is 8.42. The van der Waals surface area contributed by atoms with Gasteiger partial charge in [-0.25, -0.2) is 22.2 Å². The number of nitrogens with zero attached hydrogens (tertiary/aromatic N) is 5. The highest BCUT2D eigenvalue weighted by atomic mass is 127. The summed E-state index contributed by atoms with van der Waals surface area (Å²) in [5.74, 6) is -1.60. The molecule has 3 aromatic heterocycles. The van der Waals surface area contributed by atoms with Crippen LogP contribution in [0.5, 0.6) is 5.88 Å². The predicted molar refractivity (Wildman–Crippen MR) is 173 cm³/mol. The maximum atomic E-state index is 14.1. The highest BCUT2D eigenvalue weighted by Gasteiger charge is 2.52. The Bertz CT molecular complexity index is 1890. The van der Waals surface area contributed by atoms with Crippen LogP contribution in [-0.2, 0) is 29.5 Å². The minimum Gasteiger partial charge on any atom is -0.481 e. The number of carbonyl (C=O) groups is 1. The summed E-state index contributed by atoms with van der Waals surface area (Å²) in [6.45, 7) is 7.67. The van der Waals surface area contributed by atoms with Crippen molar-refractivity contribution in [2.24, 2.45) is 5.41 Å². The van der Waals surface area contributed by atoms with Gasteiger partial charge < -0.3 is 14.6 Å². The van der Waals surface area contributed by atoms with Crippen LogP contribution in [0.1, 0.15) is 60.3 Å². The number of carboxylic acid groups (broad SMARTS) is 1. The summed E-state index contributed by atoms with van der Waals surface area (Å²) in [6.07, 6.45) is 0.479. The second-order valence-corrected chi connectivity index (χ2v) is 15.1. The number of aromatic nitrogens is 4. The van der Waals surface area contributed by atoms with E-state index in [4.69, 9.17) is 9.47 Å². The standard InChI is InChI=1S/C31H34F2IN5O6S/c1-19-8-9-22(17-21(19)18-38-12-6-14-44-15-16-45-28-24(46(38,42)43)7-5-11-35-28)31(34,30(3,4)29(40)41)23-10-13-39-26(20(23)2)36-37-27(39)25(32)33/h5,7-11,13,17,25H,6,12,14-16,18H2,1-4H3,(H,40,41)/t31-/m1/s1. The molecule has 5 rings (SSSR count). The van der Waals surface area contributed by atoms with Gasteiger partial charge in [-0.15, -0.1) is 10.2 Å². The molecule has 4 heterocycles. The van der Waals surface area contributed by atoms with Crippen molar-refractivity contribution >= 4 is 44.2 Å². The molecule has 15 heteroatoms. The van der Waals surface area contributed by atoms with Gasteiger partial charge >= 0.3 is 5.97 Å². The number of carboxylic acids is 1. The van der Waals surface area contributed by atoms with Crippen molar-refractivity contribution in [3.8, 4) is 5.88 Å². The quantitative estimate of drug-likeness (QED) is 0.192. The van der Waals surface area contributed by atoms with E-state index in [0.29, 0.717) is 35.3 Å². The molecule has 0 aliphatic carbocycles. The summed E-state index contributed by atoms with van der Waals surface area (Å²) >= 11 is 2.11. The van der Waals surface area contributed by atoms with Crippen LogP contribution in [0.3, 0.4) is 0 Å². The van der Waals surface area contributed by atoms with Crippen LogP contribution >= 0.6 is 22.6 Å². The number of aliphatic carboxylic acids is 1. The molecule has 0 bridgehead atoms. The number of benzene rings is 1. The average molecular weight is 770 g/mol. The lowest BCUT2D eigenvalue weighted by atomic mass is 9.70. The molecule has 1 aromatic carbocycles. The number of pyridine rings is 2. The van der Waals surface area contributed by atoms with E-state index in [1.165, 1.54) is 33.2 Å². The number of ether oxygens (including phenoxy) is 2. The lowest BCUT2D eigenvalue weighted by Crippen LogP contribution is -2.44. The van der Waals surface area contributed by atoms with Crippen LogP contribution < -0.4 is 4.74 Å². The summed E-state index contributed by atoms with van der Waals surface area (Å²) in [7, 11) is -4.08. The molecule has 11 nitrogen and oxygen atoms in total. The SMILES string of the molecule is Cc1ccc([C@@](I)(c2ccn3c(C(F)F)nnc3c2C)C(C)(C)C(=O)O)cc1CN1CCCOCCOc2ncccc2S1(=O)=O. The van der Waals surface area contributed by atoms with E-state index >= 15 is 0 Å². The lowest BCUT2D eigenvalue weighted by Gasteiger charge is -2.41. The maximum Gasteiger partial charge on any atom is 0.311 e. The van der Waals surface area contributed by atoms with Crippen LogP contribution in [0.4, 0.5) is 8.78 Å². The first kappa shape index (κ1) is 34.1. The zero-order valence-corrected chi connectivity index (χ0v) is 28.7. The topological polar surface area (TPSA) is 136 Å². The highest BCUT2D eigenvalue weighted by Crippen LogP contribution is 2.54. The van der Waals surface area contributed by atoms with E-state index in [1.54, 1.807) is 26.8 Å². The molecular formula is C31H34F2IN5O6S. The van der Waals surface area contributed by atoms with Crippen molar-refractivity contribution in [2.75, 3.05) is 26.4 Å². The molecule has 0 spiro atoms. The van der Waals surface area contributed by atoms with Gasteiger partial charge in [-0.2, -0.15) is 4.31 Å². The molecule has 0 radical (unpaired) electrons. The van der Waals surface area contributed by atoms with Crippen LogP contribution in [0.25, 0.3) is 5.65 Å². The van der Waals surface area contributed by atoms with E-state index in [9.17, 15) is 27.1 Å². The third-order valence-corrected chi connectivity index (χ3v) is 12.8. The summed E-state index contributed by atoms with van der Waals surface area (Å²) in [4.78, 5) is 17.0. The van der Waals surface area contributed by atoms with E-state index in [2.05, 4.69) is 37.8 Å². The molecule has 0 fully saturated rings. The average Bonchev–Trinajstić information content (AvgIpc) is 3.45. The molecule has 46 heavy (non-hydrogen) atoms. The summed E-state index contributed by atoms with van der Waals surface area (Å²) in [5, 5.41) is 18.2. The van der Waals surface area contributed by atoms with Gasteiger partial charge in [0.15, 0.2) is 5.65 Å². The molecular weight excluding hydrogens is 735 g/mol. The van der Waals surface area contributed by atoms with Gasteiger partial charge in [-0.1, -0.05) is 40.8 Å². The third kappa shape index (κ3) is 5.97. The monoisotopic (exact) mass is 769 g/mol. The van der Waals surface area contributed by atoms with Gasteiger partial charge in [-0.05, 0) is 80.1 Å². The zero-order chi connectivity index (χ0) is 33.4. The van der Waals surface area contributed by atoms with Gasteiger partial charge in [0.1, 0.15) is 11.5 Å². The number of hydrogen-bond acceptors (Lipinski definition) is 8. The number of halogens is 3. The molecule has 0 amide bonds. The normalized spacial score (nSPS) is 17.6. The number of alkyl halides is 3. The first-order valence-corrected chi connectivity index (χ1v) is 17.0. The van der Waals surface area contributed by atoms with E-state index in [1.807, 2.05) is 25.1 Å². The second-order valence-electron chi connectivity index (χ2n) is 11.6.